The van der Waals surface area contributed by atoms with Crippen LogP contribution in [0.15, 0.2) is 42.3 Å². The molecule has 2 saturated heterocycles. The molecule has 3 N–H and O–H groups in total. The molecule has 2 atom stereocenters. The van der Waals surface area contributed by atoms with Crippen molar-refractivity contribution in [3.63, 3.8) is 0 Å². The van der Waals surface area contributed by atoms with Gasteiger partial charge in [0.25, 0.3) is 0 Å². The molecule has 0 amide bonds. The highest BCUT2D eigenvalue weighted by atomic mass is 16.3. The van der Waals surface area contributed by atoms with Gasteiger partial charge in [-0.15, -0.1) is 0 Å². The monoisotopic (exact) mass is 359 g/mol. The zero-order valence-electron chi connectivity index (χ0n) is 15.3. The van der Waals surface area contributed by atoms with E-state index in [2.05, 4.69) is 20.9 Å². The molecule has 2 fully saturated rings. The number of aliphatic hydroxyl groups is 1. The Labute approximate surface area is 155 Å². The van der Waals surface area contributed by atoms with Crippen LogP contribution in [0.3, 0.4) is 0 Å². The van der Waals surface area contributed by atoms with Crippen LogP contribution < -0.4 is 10.9 Å². The fraction of sp³-hybridized carbons (Fsp3) is 0.526. The van der Waals surface area contributed by atoms with E-state index in [1.165, 1.54) is 0 Å². The van der Waals surface area contributed by atoms with Crippen molar-refractivity contribution in [3.05, 3.63) is 42.3 Å². The normalized spacial score (nSPS) is 23.8. The first kappa shape index (κ1) is 18.7. The summed E-state index contributed by atoms with van der Waals surface area (Å²) in [6.07, 6.45) is 4.90. The third-order valence-electron chi connectivity index (χ3n) is 4.99. The summed E-state index contributed by atoms with van der Waals surface area (Å²) in [4.78, 5) is 13.2. The lowest BCUT2D eigenvalue weighted by Gasteiger charge is -2.41. The summed E-state index contributed by atoms with van der Waals surface area (Å²) in [6.45, 7) is 6.10. The quantitative estimate of drug-likeness (QED) is 0.388. The van der Waals surface area contributed by atoms with Crippen molar-refractivity contribution in [2.75, 3.05) is 38.1 Å². The van der Waals surface area contributed by atoms with Crippen molar-refractivity contribution >= 4 is 12.0 Å². The fourth-order valence-corrected chi connectivity index (χ4v) is 3.54. The first-order chi connectivity index (χ1) is 12.7. The largest absolute Gasteiger partial charge is 0.495 e. The summed E-state index contributed by atoms with van der Waals surface area (Å²) < 4.78 is 0. The maximum Gasteiger partial charge on any atom is 0.184 e. The summed E-state index contributed by atoms with van der Waals surface area (Å²) in [5, 5.41) is 14.9. The lowest BCUT2D eigenvalue weighted by atomic mass is 10.2. The fourth-order valence-electron chi connectivity index (χ4n) is 3.54. The van der Waals surface area contributed by atoms with E-state index in [9.17, 15) is 9.90 Å². The Morgan fingerprint density at radius 2 is 1.92 bits per heavy atom. The number of hydrazine groups is 2. The molecule has 7 heteroatoms. The number of rotatable bonds is 7. The molecule has 1 unspecified atom stereocenters. The van der Waals surface area contributed by atoms with Crippen molar-refractivity contribution in [1.29, 1.82) is 0 Å². The van der Waals surface area contributed by atoms with Crippen LogP contribution in [0.2, 0.25) is 0 Å². The van der Waals surface area contributed by atoms with Gasteiger partial charge in [-0.25, -0.2) is 15.4 Å². The molecule has 2 aliphatic rings. The zero-order chi connectivity index (χ0) is 18.4. The van der Waals surface area contributed by atoms with Gasteiger partial charge in [-0.3, -0.25) is 0 Å². The minimum atomic E-state index is -0.0220. The number of hydrogen-bond acceptors (Lipinski definition) is 7. The van der Waals surface area contributed by atoms with Crippen LogP contribution in [0, 0.1) is 0 Å². The Bertz CT molecular complexity index is 601. The van der Waals surface area contributed by atoms with Crippen LogP contribution in [0.4, 0.5) is 5.69 Å². The molecule has 3 rings (SSSR count). The molecule has 2 aliphatic heterocycles. The molecule has 0 aromatic heterocycles. The highest BCUT2D eigenvalue weighted by molar-refractivity contribution is 5.57. The molecule has 26 heavy (non-hydrogen) atoms. The number of aldehydes is 1. The standard InChI is InChI=1S/C19H29N5O2/c1-16(20-21-17-6-3-2-4-7-17)14-19(26)22-10-12-23(13-11-22)24-9-5-8-18(24)15-25/h2-4,6-7,14-16,18,20-21,26H,5,8-13H2,1H3/b19-14-/t16?,18-/m0/s1. The van der Waals surface area contributed by atoms with Crippen LogP contribution >= 0.6 is 0 Å². The second-order valence-electron chi connectivity index (χ2n) is 6.90. The minimum absolute atomic E-state index is 0.0220. The van der Waals surface area contributed by atoms with E-state index >= 15 is 0 Å². The van der Waals surface area contributed by atoms with Crippen LogP contribution in [0.5, 0.6) is 0 Å². The number of nitrogens with one attached hydrogen (secondary N) is 2. The van der Waals surface area contributed by atoms with Gasteiger partial charge < -0.3 is 20.2 Å². The highest BCUT2D eigenvalue weighted by Crippen LogP contribution is 2.20. The van der Waals surface area contributed by atoms with Crippen LogP contribution in [0.25, 0.3) is 0 Å². The molecule has 0 aliphatic carbocycles. The van der Waals surface area contributed by atoms with Crippen molar-refractivity contribution in [3.8, 4) is 0 Å². The van der Waals surface area contributed by atoms with Gasteiger partial charge in [0.15, 0.2) is 5.88 Å². The maximum atomic E-state index is 11.2. The smallest absolute Gasteiger partial charge is 0.184 e. The van der Waals surface area contributed by atoms with Crippen molar-refractivity contribution < 1.29 is 9.90 Å². The predicted octanol–water partition coefficient (Wildman–Crippen LogP) is 1.59. The van der Waals surface area contributed by atoms with Crippen LogP contribution in [-0.4, -0.2) is 71.1 Å². The lowest BCUT2D eigenvalue weighted by molar-refractivity contribution is -0.121. The third-order valence-corrected chi connectivity index (χ3v) is 4.99. The first-order valence-electron chi connectivity index (χ1n) is 9.36. The maximum absolute atomic E-state index is 11.2. The number of nitrogens with zero attached hydrogens (tertiary/aromatic N) is 3. The molecular formula is C19H29N5O2. The Morgan fingerprint density at radius 1 is 1.19 bits per heavy atom. The zero-order valence-corrected chi connectivity index (χ0v) is 15.3. The van der Waals surface area contributed by atoms with Gasteiger partial charge in [0.05, 0.1) is 6.04 Å². The molecule has 7 nitrogen and oxygen atoms in total. The first-order valence-corrected chi connectivity index (χ1v) is 9.36. The van der Waals surface area contributed by atoms with E-state index in [-0.39, 0.29) is 12.1 Å². The van der Waals surface area contributed by atoms with Gasteiger partial charge in [0.2, 0.25) is 0 Å². The Kier molecular flexibility index (Phi) is 6.49. The Morgan fingerprint density at radius 3 is 2.62 bits per heavy atom. The number of aliphatic hydroxyl groups excluding tert-OH is 1. The number of anilines is 1. The summed E-state index contributed by atoms with van der Waals surface area (Å²) in [5.74, 6) is 0.299. The number of benzene rings is 1. The summed E-state index contributed by atoms with van der Waals surface area (Å²) >= 11 is 0. The number of hydrogen-bond donors (Lipinski definition) is 3. The molecule has 0 saturated carbocycles. The van der Waals surface area contributed by atoms with Gasteiger partial charge in [-0.1, -0.05) is 18.2 Å². The van der Waals surface area contributed by atoms with Gasteiger partial charge in [-0.2, -0.15) is 0 Å². The average Bonchev–Trinajstić information content (AvgIpc) is 3.16. The number of carbonyl (C=O) groups is 1. The second-order valence-corrected chi connectivity index (χ2v) is 6.90. The van der Waals surface area contributed by atoms with E-state index in [4.69, 9.17) is 0 Å². The minimum Gasteiger partial charge on any atom is -0.495 e. The highest BCUT2D eigenvalue weighted by Gasteiger charge is 2.31. The van der Waals surface area contributed by atoms with E-state index in [0.29, 0.717) is 5.88 Å². The van der Waals surface area contributed by atoms with E-state index in [0.717, 1.165) is 57.5 Å². The Hall–Kier alpha value is -2.09. The molecule has 0 spiro atoms. The van der Waals surface area contributed by atoms with E-state index < -0.39 is 0 Å². The molecule has 2 heterocycles. The molecular weight excluding hydrogens is 330 g/mol. The summed E-state index contributed by atoms with van der Waals surface area (Å²) in [6, 6.07) is 9.87. The van der Waals surface area contributed by atoms with Crippen LogP contribution in [0.1, 0.15) is 19.8 Å². The van der Waals surface area contributed by atoms with Crippen molar-refractivity contribution in [2.24, 2.45) is 0 Å². The number of piperazine rings is 1. The molecule has 0 radical (unpaired) electrons. The van der Waals surface area contributed by atoms with Gasteiger partial charge in [-0.05, 0) is 38.0 Å². The van der Waals surface area contributed by atoms with Gasteiger partial charge in [0, 0.05) is 44.5 Å². The van der Waals surface area contributed by atoms with Crippen LogP contribution in [-0.2, 0) is 4.79 Å². The number of para-hydroxylation sites is 1. The van der Waals surface area contributed by atoms with Gasteiger partial charge >= 0.3 is 0 Å². The molecule has 1 aromatic rings. The lowest BCUT2D eigenvalue weighted by Crippen LogP contribution is -2.55. The third kappa shape index (κ3) is 4.75. The second kappa shape index (κ2) is 9.02. The summed E-state index contributed by atoms with van der Waals surface area (Å²) in [7, 11) is 0. The summed E-state index contributed by atoms with van der Waals surface area (Å²) in [5.41, 5.74) is 7.28. The molecule has 142 valence electrons. The SMILES string of the molecule is CC(/C=C(\O)N1CCN(N2CCC[C@H]2C=O)CC1)NNc1ccccc1. The average molecular weight is 359 g/mol. The van der Waals surface area contributed by atoms with E-state index in [1.54, 1.807) is 0 Å². The molecule has 0 bridgehead atoms. The topological polar surface area (TPSA) is 71.1 Å². The number of carbonyl (C=O) groups excluding carboxylic acids is 1. The van der Waals surface area contributed by atoms with Gasteiger partial charge in [0.1, 0.15) is 6.29 Å². The Balaban J connectivity index is 1.45. The molecule has 1 aromatic carbocycles. The van der Waals surface area contributed by atoms with Crippen molar-refractivity contribution in [2.45, 2.75) is 31.8 Å². The predicted molar refractivity (Wildman–Crippen MR) is 102 cm³/mol. The van der Waals surface area contributed by atoms with E-state index in [1.807, 2.05) is 48.2 Å². The van der Waals surface area contributed by atoms with Crippen molar-refractivity contribution in [1.82, 2.24) is 20.3 Å².